The number of halogens is 1. The van der Waals surface area contributed by atoms with Crippen molar-refractivity contribution < 1.29 is 4.79 Å². The Bertz CT molecular complexity index is 634. The van der Waals surface area contributed by atoms with Crippen LogP contribution < -0.4 is 5.32 Å². The van der Waals surface area contributed by atoms with Gasteiger partial charge >= 0.3 is 0 Å². The molecule has 1 N–H and O–H groups in total. The monoisotopic (exact) mass is 315 g/mol. The summed E-state index contributed by atoms with van der Waals surface area (Å²) in [6.07, 6.45) is 2.32. The van der Waals surface area contributed by atoms with Gasteiger partial charge in [-0.25, -0.2) is 0 Å². The van der Waals surface area contributed by atoms with Crippen LogP contribution in [0.1, 0.15) is 28.7 Å². The minimum Gasteiger partial charge on any atom is -0.356 e. The first-order chi connectivity index (χ1) is 10.5. The van der Waals surface area contributed by atoms with Crippen LogP contribution in [-0.2, 0) is 17.6 Å². The van der Waals surface area contributed by atoms with Crippen LogP contribution in [0.4, 0.5) is 0 Å². The average molecular weight is 316 g/mol. The summed E-state index contributed by atoms with van der Waals surface area (Å²) in [4.78, 5) is 11.9. The van der Waals surface area contributed by atoms with Gasteiger partial charge < -0.3 is 5.32 Å². The Morgan fingerprint density at radius 1 is 1.00 bits per heavy atom. The van der Waals surface area contributed by atoms with Crippen molar-refractivity contribution in [3.63, 3.8) is 0 Å². The van der Waals surface area contributed by atoms with Gasteiger partial charge in [0.2, 0.25) is 5.91 Å². The lowest BCUT2D eigenvalue weighted by atomic mass is 10.0. The lowest BCUT2D eigenvalue weighted by Crippen LogP contribution is -2.26. The van der Waals surface area contributed by atoms with Gasteiger partial charge in [0.25, 0.3) is 0 Å². The van der Waals surface area contributed by atoms with Gasteiger partial charge in [-0.2, -0.15) is 0 Å². The molecule has 0 bridgehead atoms. The van der Waals surface area contributed by atoms with E-state index in [0.29, 0.717) is 13.0 Å². The molecule has 0 fully saturated rings. The topological polar surface area (TPSA) is 29.1 Å². The van der Waals surface area contributed by atoms with Crippen molar-refractivity contribution in [2.45, 2.75) is 33.1 Å². The summed E-state index contributed by atoms with van der Waals surface area (Å²) in [7, 11) is 0. The Morgan fingerprint density at radius 2 is 1.68 bits per heavy atom. The number of carbonyl (C=O) groups is 1. The van der Waals surface area contributed by atoms with Crippen LogP contribution in [0.15, 0.2) is 42.5 Å². The van der Waals surface area contributed by atoms with Crippen molar-refractivity contribution in [3.05, 3.63) is 69.7 Å². The normalized spacial score (nSPS) is 10.5. The highest BCUT2D eigenvalue weighted by atomic mass is 35.5. The number of hydrogen-bond acceptors (Lipinski definition) is 1. The predicted octanol–water partition coefficient (Wildman–Crippen LogP) is 4.25. The summed E-state index contributed by atoms with van der Waals surface area (Å²) in [5.41, 5.74) is 4.80. The van der Waals surface area contributed by atoms with Crippen LogP contribution in [0.25, 0.3) is 0 Å². The molecule has 22 heavy (non-hydrogen) atoms. The Labute approximate surface area is 137 Å². The summed E-state index contributed by atoms with van der Waals surface area (Å²) >= 11 is 5.86. The quantitative estimate of drug-likeness (QED) is 0.793. The molecule has 0 aliphatic heterocycles. The number of nitrogens with one attached hydrogen (secondary N) is 1. The fraction of sp³-hybridized carbons (Fsp3) is 0.316. The van der Waals surface area contributed by atoms with Crippen molar-refractivity contribution in [2.75, 3.05) is 6.54 Å². The predicted molar refractivity (Wildman–Crippen MR) is 92.4 cm³/mol. The number of carbonyl (C=O) groups excluding carboxylic acids is 1. The lowest BCUT2D eigenvalue weighted by molar-refractivity contribution is -0.120. The van der Waals surface area contributed by atoms with Gasteiger partial charge in [-0.05, 0) is 61.1 Å². The molecule has 116 valence electrons. The second-order valence-corrected chi connectivity index (χ2v) is 6.11. The van der Waals surface area contributed by atoms with Gasteiger partial charge in [0.1, 0.15) is 0 Å². The fourth-order valence-electron chi connectivity index (χ4n) is 2.33. The number of hydrogen-bond donors (Lipinski definition) is 1. The number of aryl methyl sites for hydroxylation is 3. The first-order valence-electron chi connectivity index (χ1n) is 7.62. The van der Waals surface area contributed by atoms with Gasteiger partial charge in [-0.1, -0.05) is 41.9 Å². The molecule has 2 rings (SSSR count). The summed E-state index contributed by atoms with van der Waals surface area (Å²) < 4.78 is 0. The van der Waals surface area contributed by atoms with Crippen molar-refractivity contribution in [2.24, 2.45) is 0 Å². The summed E-state index contributed by atoms with van der Waals surface area (Å²) in [6.45, 7) is 4.85. The highest BCUT2D eigenvalue weighted by molar-refractivity contribution is 6.30. The van der Waals surface area contributed by atoms with E-state index in [-0.39, 0.29) is 5.91 Å². The SMILES string of the molecule is Cc1ccc(CC(=O)NCCCc2ccc(Cl)cc2)cc1C. The van der Waals surface area contributed by atoms with E-state index in [2.05, 4.69) is 31.3 Å². The zero-order valence-electron chi connectivity index (χ0n) is 13.2. The van der Waals surface area contributed by atoms with Gasteiger partial charge in [0, 0.05) is 11.6 Å². The molecule has 2 aromatic rings. The molecule has 2 aromatic carbocycles. The third kappa shape index (κ3) is 5.19. The van der Waals surface area contributed by atoms with Crippen LogP contribution in [0.5, 0.6) is 0 Å². The smallest absolute Gasteiger partial charge is 0.224 e. The third-order valence-corrected chi connectivity index (χ3v) is 4.07. The molecular weight excluding hydrogens is 294 g/mol. The Hall–Kier alpha value is -1.80. The van der Waals surface area contributed by atoms with Gasteiger partial charge in [-0.15, -0.1) is 0 Å². The van der Waals surface area contributed by atoms with E-state index in [1.165, 1.54) is 16.7 Å². The van der Waals surface area contributed by atoms with Gasteiger partial charge in [0.15, 0.2) is 0 Å². The molecule has 0 radical (unpaired) electrons. The molecule has 0 saturated carbocycles. The van der Waals surface area contributed by atoms with E-state index >= 15 is 0 Å². The van der Waals surface area contributed by atoms with E-state index < -0.39 is 0 Å². The van der Waals surface area contributed by atoms with Crippen molar-refractivity contribution in [1.29, 1.82) is 0 Å². The van der Waals surface area contributed by atoms with Gasteiger partial charge in [-0.3, -0.25) is 4.79 Å². The maximum absolute atomic E-state index is 11.9. The van der Waals surface area contributed by atoms with Crippen molar-refractivity contribution in [1.82, 2.24) is 5.32 Å². The average Bonchev–Trinajstić information content (AvgIpc) is 2.49. The fourth-order valence-corrected chi connectivity index (χ4v) is 2.46. The van der Waals surface area contributed by atoms with E-state index in [1.807, 2.05) is 30.3 Å². The number of rotatable bonds is 6. The van der Waals surface area contributed by atoms with E-state index in [4.69, 9.17) is 11.6 Å². The molecule has 0 spiro atoms. The maximum atomic E-state index is 11.9. The van der Waals surface area contributed by atoms with Crippen LogP contribution in [-0.4, -0.2) is 12.5 Å². The molecule has 0 aromatic heterocycles. The van der Waals surface area contributed by atoms with E-state index in [0.717, 1.165) is 23.4 Å². The summed E-state index contributed by atoms with van der Waals surface area (Å²) in [6, 6.07) is 14.0. The zero-order chi connectivity index (χ0) is 15.9. The van der Waals surface area contributed by atoms with Crippen molar-refractivity contribution in [3.8, 4) is 0 Å². The van der Waals surface area contributed by atoms with Crippen LogP contribution in [0.3, 0.4) is 0 Å². The Kier molecular flexibility index (Phi) is 6.02. The second kappa shape index (κ2) is 8.00. The first-order valence-corrected chi connectivity index (χ1v) is 7.99. The Balaban J connectivity index is 1.71. The molecule has 0 atom stereocenters. The summed E-state index contributed by atoms with van der Waals surface area (Å²) in [5.74, 6) is 0.0827. The second-order valence-electron chi connectivity index (χ2n) is 5.68. The molecule has 0 aliphatic carbocycles. The Morgan fingerprint density at radius 3 is 2.36 bits per heavy atom. The molecule has 2 nitrogen and oxygen atoms in total. The highest BCUT2D eigenvalue weighted by Crippen LogP contribution is 2.11. The first kappa shape index (κ1) is 16.6. The van der Waals surface area contributed by atoms with Crippen LogP contribution in [0, 0.1) is 13.8 Å². The van der Waals surface area contributed by atoms with Crippen LogP contribution >= 0.6 is 11.6 Å². The minimum atomic E-state index is 0.0827. The molecule has 0 saturated heterocycles. The van der Waals surface area contributed by atoms with E-state index in [1.54, 1.807) is 0 Å². The minimum absolute atomic E-state index is 0.0827. The molecule has 0 heterocycles. The van der Waals surface area contributed by atoms with Crippen molar-refractivity contribution >= 4 is 17.5 Å². The molecule has 1 amide bonds. The zero-order valence-corrected chi connectivity index (χ0v) is 13.9. The van der Waals surface area contributed by atoms with Crippen LogP contribution in [0.2, 0.25) is 5.02 Å². The van der Waals surface area contributed by atoms with Gasteiger partial charge in [0.05, 0.1) is 6.42 Å². The molecule has 0 unspecified atom stereocenters. The molecular formula is C19H22ClNO. The highest BCUT2D eigenvalue weighted by Gasteiger charge is 2.04. The number of benzene rings is 2. The third-order valence-electron chi connectivity index (χ3n) is 3.81. The number of amides is 1. The standard InChI is InChI=1S/C19H22ClNO/c1-14-5-6-17(12-15(14)2)13-19(22)21-11-3-4-16-7-9-18(20)10-8-16/h5-10,12H,3-4,11,13H2,1-2H3,(H,21,22). The maximum Gasteiger partial charge on any atom is 0.224 e. The van der Waals surface area contributed by atoms with E-state index in [9.17, 15) is 4.79 Å². The molecule has 0 aliphatic rings. The summed E-state index contributed by atoms with van der Waals surface area (Å²) in [5, 5.41) is 3.74. The lowest BCUT2D eigenvalue weighted by Gasteiger charge is -2.07. The molecule has 3 heteroatoms. The largest absolute Gasteiger partial charge is 0.356 e.